The molecule has 0 saturated heterocycles. The molecule has 10 heteroatoms. The highest BCUT2D eigenvalue weighted by molar-refractivity contribution is 5.89. The number of hydrogen-bond acceptors (Lipinski definition) is 8. The minimum absolute atomic E-state index is 0.171. The number of rotatable bonds is 40. The van der Waals surface area contributed by atoms with Crippen LogP contribution in [-0.4, -0.2) is 60.3 Å². The zero-order chi connectivity index (χ0) is 39.2. The number of esters is 2. The first-order valence-electron chi connectivity index (χ1n) is 22.1. The number of carboxylic acid groups (broad SMARTS) is 1. The molecule has 10 nitrogen and oxygen atoms in total. The molecule has 0 bridgehead atoms. The summed E-state index contributed by atoms with van der Waals surface area (Å²) in [6.45, 7) is 4.13. The molecule has 312 valence electrons. The van der Waals surface area contributed by atoms with E-state index in [0.29, 0.717) is 6.42 Å². The van der Waals surface area contributed by atoms with Crippen molar-refractivity contribution in [3.8, 4) is 0 Å². The molecular weight excluding hydrogens is 670 g/mol. The van der Waals surface area contributed by atoms with Gasteiger partial charge in [0.05, 0.1) is 6.54 Å². The van der Waals surface area contributed by atoms with Crippen molar-refractivity contribution in [2.45, 2.75) is 238 Å². The summed E-state index contributed by atoms with van der Waals surface area (Å²) in [6, 6.07) is -3.05. The van der Waals surface area contributed by atoms with Crippen molar-refractivity contribution in [3.63, 3.8) is 0 Å². The van der Waals surface area contributed by atoms with Crippen molar-refractivity contribution in [2.24, 2.45) is 11.5 Å². The Morgan fingerprint density at radius 2 is 0.811 bits per heavy atom. The van der Waals surface area contributed by atoms with Crippen molar-refractivity contribution in [1.29, 1.82) is 0 Å². The molecule has 0 spiro atoms. The lowest BCUT2D eigenvalue weighted by Gasteiger charge is -2.21. The molecule has 0 aliphatic carbocycles. The summed E-state index contributed by atoms with van der Waals surface area (Å²) in [5.41, 5.74) is 11.2. The van der Waals surface area contributed by atoms with Gasteiger partial charge in [-0.2, -0.15) is 0 Å². The summed E-state index contributed by atoms with van der Waals surface area (Å²) in [7, 11) is 0. The van der Waals surface area contributed by atoms with Gasteiger partial charge in [0, 0.05) is 12.8 Å². The van der Waals surface area contributed by atoms with E-state index in [1.165, 1.54) is 148 Å². The number of carbonyl (C=O) groups excluding carboxylic acids is 3. The molecular formula is C43H83N3O7. The Kier molecular flexibility index (Phi) is 36.5. The van der Waals surface area contributed by atoms with Crippen LogP contribution in [0.25, 0.3) is 0 Å². The van der Waals surface area contributed by atoms with Crippen LogP contribution in [-0.2, 0) is 28.7 Å². The topological polar surface area (TPSA) is 171 Å². The highest BCUT2D eigenvalue weighted by Gasteiger charge is 2.28. The smallest absolute Gasteiger partial charge is 0.322 e. The van der Waals surface area contributed by atoms with Crippen molar-refractivity contribution in [3.05, 3.63) is 0 Å². The summed E-state index contributed by atoms with van der Waals surface area (Å²) in [5, 5.41) is 11.6. The molecule has 0 aliphatic heterocycles. The quantitative estimate of drug-likeness (QED) is 0.0351. The van der Waals surface area contributed by atoms with E-state index in [1.807, 2.05) is 0 Å². The fraction of sp³-hybridized carbons (Fsp3) is 0.907. The van der Waals surface area contributed by atoms with E-state index < -0.39 is 36.0 Å². The number of carbonyl (C=O) groups is 4. The van der Waals surface area contributed by atoms with Crippen LogP contribution in [0.3, 0.4) is 0 Å². The van der Waals surface area contributed by atoms with Crippen LogP contribution in [0.1, 0.15) is 219 Å². The number of nitrogens with one attached hydrogen (secondary N) is 1. The fourth-order valence-corrected chi connectivity index (χ4v) is 6.57. The maximum atomic E-state index is 12.6. The molecule has 3 atom stereocenters. The van der Waals surface area contributed by atoms with E-state index in [2.05, 4.69) is 19.2 Å². The fourth-order valence-electron chi connectivity index (χ4n) is 6.57. The van der Waals surface area contributed by atoms with Crippen LogP contribution in [0.15, 0.2) is 0 Å². The van der Waals surface area contributed by atoms with Gasteiger partial charge in [0.15, 0.2) is 6.10 Å². The molecule has 0 aromatic carbocycles. The Morgan fingerprint density at radius 1 is 0.491 bits per heavy atom. The number of amides is 1. The number of carboxylic acids is 1. The lowest BCUT2D eigenvalue weighted by molar-refractivity contribution is -0.159. The highest BCUT2D eigenvalue weighted by atomic mass is 16.6. The zero-order valence-corrected chi connectivity index (χ0v) is 34.3. The van der Waals surface area contributed by atoms with Crippen molar-refractivity contribution >= 4 is 23.8 Å². The van der Waals surface area contributed by atoms with Gasteiger partial charge < -0.3 is 31.4 Å². The predicted octanol–water partition coefficient (Wildman–Crippen LogP) is 9.82. The number of nitrogens with two attached hydrogens (primary N) is 2. The Balaban J connectivity index is 4.26. The average molecular weight is 754 g/mol. The van der Waals surface area contributed by atoms with E-state index in [1.54, 1.807) is 0 Å². The minimum atomic E-state index is -1.58. The van der Waals surface area contributed by atoms with E-state index in [0.717, 1.165) is 38.5 Å². The molecule has 0 heterocycles. The largest absolute Gasteiger partial charge is 0.480 e. The van der Waals surface area contributed by atoms with Gasteiger partial charge in [-0.3, -0.25) is 19.2 Å². The van der Waals surface area contributed by atoms with Crippen molar-refractivity contribution < 1.29 is 33.8 Å². The lowest BCUT2D eigenvalue weighted by atomic mass is 10.0. The summed E-state index contributed by atoms with van der Waals surface area (Å²) in [6.07, 6.45) is 36.8. The summed E-state index contributed by atoms with van der Waals surface area (Å²) in [4.78, 5) is 48.6. The molecule has 0 fully saturated rings. The van der Waals surface area contributed by atoms with Crippen LogP contribution in [0.5, 0.6) is 0 Å². The normalized spacial score (nSPS) is 13.0. The molecule has 0 saturated carbocycles. The van der Waals surface area contributed by atoms with Crippen molar-refractivity contribution in [1.82, 2.24) is 5.32 Å². The van der Waals surface area contributed by atoms with Gasteiger partial charge in [0.25, 0.3) is 0 Å². The molecule has 0 aliphatic rings. The van der Waals surface area contributed by atoms with Gasteiger partial charge in [-0.25, -0.2) is 0 Å². The van der Waals surface area contributed by atoms with Gasteiger partial charge in [-0.1, -0.05) is 194 Å². The third-order valence-electron chi connectivity index (χ3n) is 10.2. The first kappa shape index (κ1) is 50.8. The van der Waals surface area contributed by atoms with Gasteiger partial charge in [0.2, 0.25) is 5.91 Å². The van der Waals surface area contributed by atoms with Gasteiger partial charge >= 0.3 is 17.9 Å². The predicted molar refractivity (Wildman–Crippen MR) is 217 cm³/mol. The van der Waals surface area contributed by atoms with Crippen LogP contribution in [0, 0.1) is 0 Å². The SMILES string of the molecule is CCCCCCCCCCCCCCCCCC(=O)OCC(CNC(=O)C(N)C(N)C(=O)O)OC(=O)CCCCCCCCCCCCCCCCC. The number of unbranched alkanes of at least 4 members (excludes halogenated alkanes) is 28. The second-order valence-electron chi connectivity index (χ2n) is 15.3. The lowest BCUT2D eigenvalue weighted by Crippen LogP contribution is -2.56. The highest BCUT2D eigenvalue weighted by Crippen LogP contribution is 2.16. The van der Waals surface area contributed by atoms with Gasteiger partial charge in [-0.15, -0.1) is 0 Å². The van der Waals surface area contributed by atoms with Gasteiger partial charge in [-0.05, 0) is 12.8 Å². The number of ether oxygens (including phenoxy) is 2. The standard InChI is InChI=1S/C43H83N3O7/c1-3-5-7-9-11-13-15-17-19-21-23-25-27-29-31-33-38(47)52-36-37(35-46-42(49)40(44)41(45)43(50)51)53-39(48)34-32-30-28-26-24-22-20-18-16-14-12-10-8-6-4-2/h37,40-41H,3-36,44-45H2,1-2H3,(H,46,49)(H,50,51). The summed E-state index contributed by atoms with van der Waals surface area (Å²) >= 11 is 0. The monoisotopic (exact) mass is 754 g/mol. The molecule has 0 aromatic heterocycles. The molecule has 3 unspecified atom stereocenters. The summed E-state index contributed by atoms with van der Waals surface area (Å²) < 4.78 is 11.0. The maximum absolute atomic E-state index is 12.6. The van der Waals surface area contributed by atoms with Crippen LogP contribution in [0.2, 0.25) is 0 Å². The molecule has 0 aromatic rings. The van der Waals surface area contributed by atoms with Crippen LogP contribution >= 0.6 is 0 Å². The second kappa shape index (κ2) is 38.1. The first-order chi connectivity index (χ1) is 25.7. The molecule has 53 heavy (non-hydrogen) atoms. The van der Waals surface area contributed by atoms with Crippen LogP contribution < -0.4 is 16.8 Å². The van der Waals surface area contributed by atoms with Gasteiger partial charge in [0.1, 0.15) is 18.7 Å². The van der Waals surface area contributed by atoms with E-state index in [9.17, 15) is 19.2 Å². The Labute approximate surface area is 324 Å². The Morgan fingerprint density at radius 3 is 1.15 bits per heavy atom. The summed E-state index contributed by atoms with van der Waals surface area (Å²) in [5.74, 6) is -2.98. The minimum Gasteiger partial charge on any atom is -0.480 e. The molecule has 0 radical (unpaired) electrons. The zero-order valence-electron chi connectivity index (χ0n) is 34.3. The Hall–Kier alpha value is -2.20. The van der Waals surface area contributed by atoms with Crippen molar-refractivity contribution in [2.75, 3.05) is 13.2 Å². The third-order valence-corrected chi connectivity index (χ3v) is 10.2. The molecule has 1 amide bonds. The molecule has 6 N–H and O–H groups in total. The second-order valence-corrected chi connectivity index (χ2v) is 15.3. The number of aliphatic carboxylic acids is 1. The Bertz CT molecular complexity index is 888. The maximum Gasteiger partial charge on any atom is 0.322 e. The van der Waals surface area contributed by atoms with E-state index in [4.69, 9.17) is 26.0 Å². The van der Waals surface area contributed by atoms with E-state index >= 15 is 0 Å². The average Bonchev–Trinajstić information content (AvgIpc) is 3.14. The first-order valence-corrected chi connectivity index (χ1v) is 22.1. The van der Waals surface area contributed by atoms with Crippen LogP contribution in [0.4, 0.5) is 0 Å². The number of hydrogen-bond donors (Lipinski definition) is 4. The van der Waals surface area contributed by atoms with E-state index in [-0.39, 0.29) is 32.0 Å². The molecule has 0 rings (SSSR count). The third kappa shape index (κ3) is 34.1.